The molecule has 3 aromatic rings. The van der Waals surface area contributed by atoms with Crippen LogP contribution < -0.4 is 10.1 Å². The molecule has 2 aromatic carbocycles. The molecule has 26 heavy (non-hydrogen) atoms. The number of hydrogen-bond acceptors (Lipinski definition) is 5. The molecule has 1 heterocycles. The molecule has 0 spiro atoms. The number of halogens is 1. The van der Waals surface area contributed by atoms with Crippen LogP contribution in [0.25, 0.3) is 11.5 Å². The van der Waals surface area contributed by atoms with Crippen molar-refractivity contribution in [3.05, 3.63) is 65.5 Å². The van der Waals surface area contributed by atoms with Gasteiger partial charge in [-0.2, -0.15) is 0 Å². The van der Waals surface area contributed by atoms with Crippen LogP contribution in [0.1, 0.15) is 24.9 Å². The number of ether oxygens (including phenoxy) is 1. The summed E-state index contributed by atoms with van der Waals surface area (Å²) in [6, 6.07) is 14.5. The summed E-state index contributed by atoms with van der Waals surface area (Å²) in [4.78, 5) is 12.2. The number of carbonyl (C=O) groups is 1. The molecule has 0 radical (unpaired) electrons. The smallest absolute Gasteiger partial charge is 0.258 e. The average molecular weight is 372 g/mol. The fourth-order valence-corrected chi connectivity index (χ4v) is 2.62. The summed E-state index contributed by atoms with van der Waals surface area (Å²) in [6.45, 7) is 1.95. The first-order valence-electron chi connectivity index (χ1n) is 8.20. The molecule has 1 N–H and O–H groups in total. The maximum Gasteiger partial charge on any atom is 0.258 e. The minimum absolute atomic E-state index is 0.0655. The van der Waals surface area contributed by atoms with Crippen LogP contribution in [0.3, 0.4) is 0 Å². The Morgan fingerprint density at radius 1 is 1.19 bits per heavy atom. The van der Waals surface area contributed by atoms with Gasteiger partial charge < -0.3 is 14.5 Å². The molecule has 6 nitrogen and oxygen atoms in total. The van der Waals surface area contributed by atoms with Crippen LogP contribution in [-0.4, -0.2) is 22.7 Å². The molecule has 1 aromatic heterocycles. The molecule has 0 aliphatic rings. The lowest BCUT2D eigenvalue weighted by Gasteiger charge is -2.17. The quantitative estimate of drug-likeness (QED) is 0.678. The third-order valence-corrected chi connectivity index (χ3v) is 4.10. The molecule has 1 unspecified atom stereocenters. The first kappa shape index (κ1) is 17.9. The number of nitrogens with zero attached hydrogens (tertiary/aromatic N) is 2. The molecule has 3 rings (SSSR count). The zero-order chi connectivity index (χ0) is 18.4. The number of carbonyl (C=O) groups excluding carboxylic acids is 1. The van der Waals surface area contributed by atoms with E-state index in [2.05, 4.69) is 15.5 Å². The third kappa shape index (κ3) is 4.61. The monoisotopic (exact) mass is 371 g/mol. The second-order valence-corrected chi connectivity index (χ2v) is 6.07. The van der Waals surface area contributed by atoms with Crippen molar-refractivity contribution < 1.29 is 13.9 Å². The van der Waals surface area contributed by atoms with Gasteiger partial charge in [-0.05, 0) is 48.4 Å². The van der Waals surface area contributed by atoms with Gasteiger partial charge in [0.15, 0.2) is 6.61 Å². The molecule has 134 valence electrons. The van der Waals surface area contributed by atoms with Gasteiger partial charge in [0, 0.05) is 10.6 Å². The van der Waals surface area contributed by atoms with Crippen LogP contribution in [0.5, 0.6) is 5.75 Å². The van der Waals surface area contributed by atoms with Gasteiger partial charge in [0.2, 0.25) is 12.3 Å². The van der Waals surface area contributed by atoms with Gasteiger partial charge in [-0.1, -0.05) is 30.7 Å². The van der Waals surface area contributed by atoms with Crippen molar-refractivity contribution in [1.82, 2.24) is 15.5 Å². The van der Waals surface area contributed by atoms with E-state index in [1.54, 1.807) is 24.3 Å². The molecular weight excluding hydrogens is 354 g/mol. The fourth-order valence-electron chi connectivity index (χ4n) is 2.49. The van der Waals surface area contributed by atoms with Crippen LogP contribution >= 0.6 is 11.6 Å². The van der Waals surface area contributed by atoms with E-state index in [1.165, 1.54) is 6.39 Å². The van der Waals surface area contributed by atoms with Crippen LogP contribution in [0.4, 0.5) is 0 Å². The van der Waals surface area contributed by atoms with Crippen LogP contribution in [0, 0.1) is 0 Å². The predicted molar refractivity (Wildman–Crippen MR) is 97.9 cm³/mol. The van der Waals surface area contributed by atoms with E-state index in [9.17, 15) is 4.79 Å². The van der Waals surface area contributed by atoms with Gasteiger partial charge in [-0.25, -0.2) is 0 Å². The lowest BCUT2D eigenvalue weighted by Crippen LogP contribution is -2.32. The average Bonchev–Trinajstić information content (AvgIpc) is 3.20. The highest BCUT2D eigenvalue weighted by atomic mass is 35.5. The normalized spacial score (nSPS) is 11.8. The lowest BCUT2D eigenvalue weighted by atomic mass is 10.0. The van der Waals surface area contributed by atoms with Crippen molar-refractivity contribution in [3.8, 4) is 17.2 Å². The summed E-state index contributed by atoms with van der Waals surface area (Å²) in [7, 11) is 0. The van der Waals surface area contributed by atoms with E-state index in [0.717, 1.165) is 17.5 Å². The number of rotatable bonds is 7. The highest BCUT2D eigenvalue weighted by Gasteiger charge is 2.13. The van der Waals surface area contributed by atoms with Crippen LogP contribution in [0.2, 0.25) is 5.02 Å². The summed E-state index contributed by atoms with van der Waals surface area (Å²) in [5.74, 6) is 0.832. The molecular formula is C19H18ClN3O3. The van der Waals surface area contributed by atoms with Crippen molar-refractivity contribution in [1.29, 1.82) is 0 Å². The minimum Gasteiger partial charge on any atom is -0.484 e. The van der Waals surface area contributed by atoms with Gasteiger partial charge in [0.25, 0.3) is 5.91 Å². The Labute approximate surface area is 156 Å². The van der Waals surface area contributed by atoms with Crippen molar-refractivity contribution in [3.63, 3.8) is 0 Å². The summed E-state index contributed by atoms with van der Waals surface area (Å²) >= 11 is 5.91. The highest BCUT2D eigenvalue weighted by molar-refractivity contribution is 6.30. The van der Waals surface area contributed by atoms with Crippen molar-refractivity contribution in [2.75, 3.05) is 6.61 Å². The molecule has 0 fully saturated rings. The topological polar surface area (TPSA) is 77.2 Å². The molecule has 0 aliphatic heterocycles. The van der Waals surface area contributed by atoms with E-state index in [-0.39, 0.29) is 18.6 Å². The zero-order valence-corrected chi connectivity index (χ0v) is 14.9. The molecule has 1 amide bonds. The predicted octanol–water partition coefficient (Wildman–Crippen LogP) is 4.04. The summed E-state index contributed by atoms with van der Waals surface area (Å²) in [6.07, 6.45) is 2.04. The Hall–Kier alpha value is -2.86. The maximum absolute atomic E-state index is 12.2. The van der Waals surface area contributed by atoms with Gasteiger partial charge in [-0.3, -0.25) is 4.79 Å². The summed E-state index contributed by atoms with van der Waals surface area (Å²) < 4.78 is 10.7. The Kier molecular flexibility index (Phi) is 5.86. The molecule has 0 saturated carbocycles. The first-order chi connectivity index (χ1) is 12.7. The Morgan fingerprint density at radius 3 is 2.54 bits per heavy atom. The Bertz CT molecular complexity index is 833. The third-order valence-electron chi connectivity index (χ3n) is 3.85. The van der Waals surface area contributed by atoms with E-state index in [1.807, 2.05) is 31.2 Å². The SMILES string of the molecule is CCC(NC(=O)COc1ccc(-c2nnco2)cc1)c1ccc(Cl)cc1. The first-order valence-corrected chi connectivity index (χ1v) is 8.57. The molecule has 0 bridgehead atoms. The number of aromatic nitrogens is 2. The number of amides is 1. The van der Waals surface area contributed by atoms with Crippen LogP contribution in [0.15, 0.2) is 59.3 Å². The van der Waals surface area contributed by atoms with E-state index < -0.39 is 0 Å². The Balaban J connectivity index is 1.54. The second-order valence-electron chi connectivity index (χ2n) is 5.64. The van der Waals surface area contributed by atoms with Gasteiger partial charge in [0.1, 0.15) is 5.75 Å². The highest BCUT2D eigenvalue weighted by Crippen LogP contribution is 2.21. The largest absolute Gasteiger partial charge is 0.484 e. The molecule has 0 aliphatic carbocycles. The van der Waals surface area contributed by atoms with Crippen molar-refractivity contribution in [2.45, 2.75) is 19.4 Å². The van der Waals surface area contributed by atoms with Crippen LogP contribution in [-0.2, 0) is 4.79 Å². The zero-order valence-electron chi connectivity index (χ0n) is 14.2. The lowest BCUT2D eigenvalue weighted by molar-refractivity contribution is -0.123. The van der Waals surface area contributed by atoms with Crippen molar-refractivity contribution in [2.24, 2.45) is 0 Å². The number of hydrogen-bond donors (Lipinski definition) is 1. The molecule has 1 atom stereocenters. The minimum atomic E-state index is -0.187. The second kappa shape index (κ2) is 8.49. The van der Waals surface area contributed by atoms with E-state index in [4.69, 9.17) is 20.8 Å². The summed E-state index contributed by atoms with van der Waals surface area (Å²) in [5.41, 5.74) is 1.79. The van der Waals surface area contributed by atoms with E-state index >= 15 is 0 Å². The summed E-state index contributed by atoms with van der Waals surface area (Å²) in [5, 5.41) is 11.1. The standard InChI is InChI=1S/C19H18ClN3O3/c1-2-17(13-3-7-15(20)8-4-13)22-18(24)11-25-16-9-5-14(6-10-16)19-23-21-12-26-19/h3-10,12,17H,2,11H2,1H3,(H,22,24). The van der Waals surface area contributed by atoms with Gasteiger partial charge in [0.05, 0.1) is 6.04 Å². The van der Waals surface area contributed by atoms with Gasteiger partial charge >= 0.3 is 0 Å². The maximum atomic E-state index is 12.2. The van der Waals surface area contributed by atoms with Crippen molar-refractivity contribution >= 4 is 17.5 Å². The molecule has 7 heteroatoms. The van der Waals surface area contributed by atoms with Gasteiger partial charge in [-0.15, -0.1) is 10.2 Å². The number of nitrogens with one attached hydrogen (secondary N) is 1. The number of benzene rings is 2. The molecule has 0 saturated heterocycles. The van der Waals surface area contributed by atoms with E-state index in [0.29, 0.717) is 16.7 Å². The Morgan fingerprint density at radius 2 is 1.92 bits per heavy atom. The fraction of sp³-hybridized carbons (Fsp3) is 0.211.